The highest BCUT2D eigenvalue weighted by Crippen LogP contribution is 2.42. The van der Waals surface area contributed by atoms with Gasteiger partial charge in [-0.2, -0.15) is 21.7 Å². The number of hydrogen-bond donors (Lipinski definition) is 3. The number of hydrogen-bond acceptors (Lipinski definition) is 6. The number of nitrogens with one attached hydrogen (secondary N) is 2. The Labute approximate surface area is 109 Å². The first kappa shape index (κ1) is 11.6. The Morgan fingerprint density at radius 2 is 2.33 bits per heavy atom. The van der Waals surface area contributed by atoms with Crippen LogP contribution in [-0.4, -0.2) is 37.5 Å². The molecule has 3 rings (SSSR count). The number of thioether (sulfide) groups is 1. The van der Waals surface area contributed by atoms with E-state index in [9.17, 15) is 0 Å². The molecule has 2 aromatic heterocycles. The minimum Gasteiger partial charge on any atom is -0.368 e. The molecule has 1 aliphatic carbocycles. The maximum atomic E-state index is 5.68. The summed E-state index contributed by atoms with van der Waals surface area (Å²) in [5.41, 5.74) is 7.11. The number of nitrogen functional groups attached to an aromatic ring is 1. The van der Waals surface area contributed by atoms with Crippen molar-refractivity contribution in [1.82, 2.24) is 19.9 Å². The van der Waals surface area contributed by atoms with Gasteiger partial charge in [-0.1, -0.05) is 6.42 Å². The van der Waals surface area contributed by atoms with Crippen molar-refractivity contribution in [3.05, 3.63) is 6.33 Å². The van der Waals surface area contributed by atoms with E-state index in [1.165, 1.54) is 19.3 Å². The van der Waals surface area contributed by atoms with Gasteiger partial charge in [-0.3, -0.25) is 0 Å². The van der Waals surface area contributed by atoms with E-state index < -0.39 is 0 Å². The first-order chi connectivity index (χ1) is 8.72. The summed E-state index contributed by atoms with van der Waals surface area (Å²) < 4.78 is 0.353. The molecule has 18 heavy (non-hydrogen) atoms. The van der Waals surface area contributed by atoms with Crippen molar-refractivity contribution in [3.63, 3.8) is 0 Å². The predicted molar refractivity (Wildman–Crippen MR) is 74.7 cm³/mol. The molecule has 1 saturated carbocycles. The molecule has 0 spiro atoms. The third-order valence-corrected chi connectivity index (χ3v) is 5.00. The molecule has 0 aromatic carbocycles. The second-order valence-electron chi connectivity index (χ2n) is 4.63. The summed E-state index contributed by atoms with van der Waals surface area (Å²) in [5, 5.41) is 3.39. The molecule has 6 nitrogen and oxygen atoms in total. The van der Waals surface area contributed by atoms with Gasteiger partial charge in [0.25, 0.3) is 0 Å². The van der Waals surface area contributed by atoms with E-state index in [4.69, 9.17) is 5.73 Å². The number of nitrogens with two attached hydrogens (primary N) is 1. The summed E-state index contributed by atoms with van der Waals surface area (Å²) >= 11 is 1.93. The van der Waals surface area contributed by atoms with Crippen LogP contribution in [0.4, 0.5) is 11.8 Å². The van der Waals surface area contributed by atoms with Gasteiger partial charge in [0.15, 0.2) is 11.5 Å². The standard InChI is InChI=1S/C11H16N6S/c1-18-11(3-2-4-11)5-13-8-7-9(15-6-14-7)17-10(12)16-8/h6H,2-5H2,1H3,(H4,12,13,14,15,16,17). The van der Waals surface area contributed by atoms with Crippen LogP contribution < -0.4 is 11.1 Å². The summed E-state index contributed by atoms with van der Waals surface area (Å²) in [5.74, 6) is 0.999. The molecule has 2 aromatic rings. The van der Waals surface area contributed by atoms with Gasteiger partial charge in [0.1, 0.15) is 5.52 Å². The number of imidazole rings is 1. The molecule has 0 saturated heterocycles. The van der Waals surface area contributed by atoms with Crippen LogP contribution in [-0.2, 0) is 0 Å². The van der Waals surface area contributed by atoms with Crippen molar-refractivity contribution < 1.29 is 0 Å². The third-order valence-electron chi connectivity index (χ3n) is 3.58. The van der Waals surface area contributed by atoms with Crippen molar-refractivity contribution in [1.29, 1.82) is 0 Å². The van der Waals surface area contributed by atoms with Crippen LogP contribution in [0.3, 0.4) is 0 Å². The normalized spacial score (nSPS) is 17.6. The molecular formula is C11H16N6S. The lowest BCUT2D eigenvalue weighted by atomic mass is 9.84. The first-order valence-corrected chi connectivity index (χ1v) is 7.20. The van der Waals surface area contributed by atoms with Crippen LogP contribution in [0.5, 0.6) is 0 Å². The monoisotopic (exact) mass is 264 g/mol. The molecule has 96 valence electrons. The molecule has 0 radical (unpaired) electrons. The van der Waals surface area contributed by atoms with Gasteiger partial charge in [0.05, 0.1) is 6.33 Å². The highest BCUT2D eigenvalue weighted by molar-refractivity contribution is 8.00. The second-order valence-corrected chi connectivity index (χ2v) is 5.90. The zero-order chi connectivity index (χ0) is 12.6. The predicted octanol–water partition coefficient (Wildman–Crippen LogP) is 1.63. The van der Waals surface area contributed by atoms with E-state index >= 15 is 0 Å². The zero-order valence-electron chi connectivity index (χ0n) is 10.2. The van der Waals surface area contributed by atoms with E-state index in [2.05, 4.69) is 31.5 Å². The minimum absolute atomic E-state index is 0.254. The number of fused-ring (bicyclic) bond motifs is 1. The Balaban J connectivity index is 1.83. The van der Waals surface area contributed by atoms with Gasteiger partial charge in [0.2, 0.25) is 5.95 Å². The molecular weight excluding hydrogens is 248 g/mol. The molecule has 2 heterocycles. The van der Waals surface area contributed by atoms with Gasteiger partial charge in [-0.05, 0) is 19.1 Å². The summed E-state index contributed by atoms with van der Waals surface area (Å²) in [7, 11) is 0. The molecule has 7 heteroatoms. The second kappa shape index (κ2) is 4.31. The van der Waals surface area contributed by atoms with Gasteiger partial charge < -0.3 is 16.0 Å². The van der Waals surface area contributed by atoms with E-state index in [1.54, 1.807) is 6.33 Å². The van der Waals surface area contributed by atoms with Crippen LogP contribution in [0.1, 0.15) is 19.3 Å². The lowest BCUT2D eigenvalue weighted by Crippen LogP contribution is -2.40. The molecule has 1 fully saturated rings. The van der Waals surface area contributed by atoms with Crippen LogP contribution in [0.25, 0.3) is 11.2 Å². The molecule has 1 aliphatic rings. The summed E-state index contributed by atoms with van der Waals surface area (Å²) in [6.07, 6.45) is 7.61. The van der Waals surface area contributed by atoms with Crippen LogP contribution in [0.2, 0.25) is 0 Å². The van der Waals surface area contributed by atoms with E-state index in [0.29, 0.717) is 10.4 Å². The largest absolute Gasteiger partial charge is 0.368 e. The van der Waals surface area contributed by atoms with Crippen molar-refractivity contribution in [2.45, 2.75) is 24.0 Å². The van der Waals surface area contributed by atoms with Crippen molar-refractivity contribution >= 4 is 34.7 Å². The minimum atomic E-state index is 0.254. The van der Waals surface area contributed by atoms with E-state index in [-0.39, 0.29) is 5.95 Å². The van der Waals surface area contributed by atoms with Crippen LogP contribution >= 0.6 is 11.8 Å². The fourth-order valence-electron chi connectivity index (χ4n) is 2.25. The Morgan fingerprint density at radius 1 is 1.50 bits per heavy atom. The lowest BCUT2D eigenvalue weighted by molar-refractivity contribution is 0.379. The molecule has 4 N–H and O–H groups in total. The highest BCUT2D eigenvalue weighted by atomic mass is 32.2. The van der Waals surface area contributed by atoms with Gasteiger partial charge in [-0.15, -0.1) is 0 Å². The van der Waals surface area contributed by atoms with Crippen molar-refractivity contribution in [2.75, 3.05) is 23.9 Å². The molecule has 0 amide bonds. The zero-order valence-corrected chi connectivity index (χ0v) is 11.0. The fourth-order valence-corrected chi connectivity index (χ4v) is 3.16. The SMILES string of the molecule is CSC1(CNc2nc(N)nc3nc[nH]c23)CCC1. The van der Waals surface area contributed by atoms with Crippen LogP contribution in [0, 0.1) is 0 Å². The van der Waals surface area contributed by atoms with E-state index in [1.807, 2.05) is 11.8 Å². The van der Waals surface area contributed by atoms with Crippen molar-refractivity contribution in [3.8, 4) is 0 Å². The quantitative estimate of drug-likeness (QED) is 0.777. The lowest BCUT2D eigenvalue weighted by Gasteiger charge is -2.40. The number of anilines is 2. The summed E-state index contributed by atoms with van der Waals surface area (Å²) in [6, 6.07) is 0. The van der Waals surface area contributed by atoms with Crippen molar-refractivity contribution in [2.24, 2.45) is 0 Å². The fraction of sp³-hybridized carbons (Fsp3) is 0.545. The van der Waals surface area contributed by atoms with Crippen LogP contribution in [0.15, 0.2) is 6.33 Å². The van der Waals surface area contributed by atoms with E-state index in [0.717, 1.165) is 17.9 Å². The maximum Gasteiger partial charge on any atom is 0.224 e. The number of aromatic nitrogens is 4. The molecule has 0 atom stereocenters. The van der Waals surface area contributed by atoms with Gasteiger partial charge in [0, 0.05) is 11.3 Å². The Morgan fingerprint density at radius 3 is 3.00 bits per heavy atom. The Bertz CT molecular complexity index is 556. The third kappa shape index (κ3) is 1.88. The number of nitrogens with zero attached hydrogens (tertiary/aromatic N) is 3. The molecule has 0 aliphatic heterocycles. The number of aromatic amines is 1. The average Bonchev–Trinajstić information content (AvgIpc) is 2.75. The summed E-state index contributed by atoms with van der Waals surface area (Å²) in [4.78, 5) is 15.5. The van der Waals surface area contributed by atoms with Gasteiger partial charge in [-0.25, -0.2) is 4.98 Å². The summed E-state index contributed by atoms with van der Waals surface area (Å²) in [6.45, 7) is 0.902. The Kier molecular flexibility index (Phi) is 2.77. The topological polar surface area (TPSA) is 92.5 Å². The highest BCUT2D eigenvalue weighted by Gasteiger charge is 2.36. The number of H-pyrrole nitrogens is 1. The molecule has 0 unspecified atom stereocenters. The smallest absolute Gasteiger partial charge is 0.224 e. The Hall–Kier alpha value is -1.50. The average molecular weight is 264 g/mol. The first-order valence-electron chi connectivity index (χ1n) is 5.98. The molecule has 0 bridgehead atoms. The number of rotatable bonds is 4. The maximum absolute atomic E-state index is 5.68. The van der Waals surface area contributed by atoms with Gasteiger partial charge >= 0.3 is 0 Å².